The molecule has 4 rings (SSSR count). The van der Waals surface area contributed by atoms with E-state index in [-0.39, 0.29) is 28.6 Å². The van der Waals surface area contributed by atoms with Crippen LogP contribution in [0.5, 0.6) is 0 Å². The van der Waals surface area contributed by atoms with Crippen LogP contribution in [0.2, 0.25) is 0 Å². The summed E-state index contributed by atoms with van der Waals surface area (Å²) in [5.41, 5.74) is 0.800. The smallest absolute Gasteiger partial charge is 0.270 e. The second kappa shape index (κ2) is 8.43. The molecule has 0 aliphatic carbocycles. The van der Waals surface area contributed by atoms with Gasteiger partial charge in [-0.05, 0) is 24.5 Å². The number of carbonyl (C=O) groups is 1. The number of alkyl halides is 3. The van der Waals surface area contributed by atoms with Crippen LogP contribution in [-0.4, -0.2) is 43.3 Å². The first kappa shape index (κ1) is 22.1. The molecule has 3 heterocycles. The van der Waals surface area contributed by atoms with E-state index in [0.717, 1.165) is 12.1 Å². The van der Waals surface area contributed by atoms with Crippen molar-refractivity contribution in [3.63, 3.8) is 0 Å². The highest BCUT2D eigenvalue weighted by molar-refractivity contribution is 6.68. The zero-order valence-corrected chi connectivity index (χ0v) is 18.5. The van der Waals surface area contributed by atoms with Crippen molar-refractivity contribution in [2.45, 2.75) is 28.8 Å². The molecular weight excluding hydrogens is 467 g/mol. The van der Waals surface area contributed by atoms with Crippen molar-refractivity contribution in [1.29, 1.82) is 0 Å². The van der Waals surface area contributed by atoms with Gasteiger partial charge in [0.1, 0.15) is 6.17 Å². The molecule has 164 valence electrons. The topological polar surface area (TPSA) is 97.5 Å². The van der Waals surface area contributed by atoms with Crippen molar-refractivity contribution in [2.24, 2.45) is 5.92 Å². The minimum Gasteiger partial charge on any atom is -0.332 e. The summed E-state index contributed by atoms with van der Waals surface area (Å²) in [6, 6.07) is 10.6. The number of nitrogens with one attached hydrogen (secondary N) is 1. The highest BCUT2D eigenvalue weighted by Crippen LogP contribution is 2.40. The average molecular weight is 486 g/mol. The van der Waals surface area contributed by atoms with Gasteiger partial charge in [0.15, 0.2) is 0 Å². The van der Waals surface area contributed by atoms with Crippen LogP contribution in [0.1, 0.15) is 28.4 Å². The summed E-state index contributed by atoms with van der Waals surface area (Å²) in [4.78, 5) is 37.4. The number of pyridine rings is 1. The number of halogens is 3. The number of carbonyl (C=O) groups excluding carboxylic acids is 1. The first-order valence-corrected chi connectivity index (χ1v) is 10.8. The van der Waals surface area contributed by atoms with E-state index in [4.69, 9.17) is 34.8 Å². The third-order valence-electron chi connectivity index (χ3n) is 5.77. The number of non-ortho nitro benzene ring substituents is 1. The average Bonchev–Trinajstić information content (AvgIpc) is 2.71. The molecule has 8 nitrogen and oxygen atoms in total. The largest absolute Gasteiger partial charge is 0.332 e. The van der Waals surface area contributed by atoms with E-state index in [1.807, 2.05) is 11.0 Å². The van der Waals surface area contributed by atoms with Crippen LogP contribution in [0.15, 0.2) is 47.3 Å². The third-order valence-corrected chi connectivity index (χ3v) is 6.39. The minimum absolute atomic E-state index is 0.0300. The molecule has 2 aliphatic heterocycles. The van der Waals surface area contributed by atoms with Crippen LogP contribution < -0.4 is 10.9 Å². The Balaban J connectivity index is 1.58. The molecule has 1 aromatic heterocycles. The van der Waals surface area contributed by atoms with Crippen molar-refractivity contribution in [2.75, 3.05) is 13.1 Å². The SMILES string of the molecule is O=C(N[C@H](N1C[C@@H]2C[C@@H](C1)c1cccc(=O)n1C2)C(Cl)(Cl)Cl)c1cccc([N+](=O)[O-])c1. The van der Waals surface area contributed by atoms with Gasteiger partial charge in [0, 0.05) is 55.0 Å². The molecule has 2 bridgehead atoms. The Kier molecular flexibility index (Phi) is 6.00. The maximum atomic E-state index is 12.8. The predicted molar refractivity (Wildman–Crippen MR) is 118 cm³/mol. The molecule has 1 saturated heterocycles. The Hall–Kier alpha value is -2.13. The van der Waals surface area contributed by atoms with Crippen LogP contribution in [0.25, 0.3) is 0 Å². The van der Waals surface area contributed by atoms with Crippen molar-refractivity contribution < 1.29 is 9.72 Å². The van der Waals surface area contributed by atoms with Gasteiger partial charge in [0.05, 0.1) is 4.92 Å². The van der Waals surface area contributed by atoms with Gasteiger partial charge in [-0.15, -0.1) is 0 Å². The molecule has 0 spiro atoms. The Labute approximate surface area is 192 Å². The maximum absolute atomic E-state index is 12.8. The Morgan fingerprint density at radius 2 is 1.90 bits per heavy atom. The number of aromatic nitrogens is 1. The Morgan fingerprint density at radius 3 is 2.61 bits per heavy atom. The lowest BCUT2D eigenvalue weighted by Crippen LogP contribution is -2.60. The van der Waals surface area contributed by atoms with Gasteiger partial charge in [-0.2, -0.15) is 0 Å². The molecule has 11 heteroatoms. The van der Waals surface area contributed by atoms with Gasteiger partial charge in [-0.3, -0.25) is 24.6 Å². The van der Waals surface area contributed by atoms with E-state index < -0.39 is 20.8 Å². The third kappa shape index (κ3) is 4.57. The second-order valence-electron chi connectivity index (χ2n) is 7.88. The summed E-state index contributed by atoms with van der Waals surface area (Å²) in [5.74, 6) is -0.353. The monoisotopic (exact) mass is 484 g/mol. The van der Waals surface area contributed by atoms with Crippen molar-refractivity contribution in [3.8, 4) is 0 Å². The summed E-state index contributed by atoms with van der Waals surface area (Å²) >= 11 is 18.7. The summed E-state index contributed by atoms with van der Waals surface area (Å²) in [7, 11) is 0. The lowest BCUT2D eigenvalue weighted by molar-refractivity contribution is -0.384. The fraction of sp³-hybridized carbons (Fsp3) is 0.400. The molecule has 1 fully saturated rings. The van der Waals surface area contributed by atoms with Gasteiger partial charge < -0.3 is 9.88 Å². The molecule has 1 aromatic carbocycles. The van der Waals surface area contributed by atoms with E-state index in [9.17, 15) is 19.7 Å². The Morgan fingerprint density at radius 1 is 1.16 bits per heavy atom. The van der Waals surface area contributed by atoms with Crippen LogP contribution >= 0.6 is 34.8 Å². The molecule has 2 aliphatic rings. The number of likely N-dealkylation sites (tertiary alicyclic amines) is 1. The maximum Gasteiger partial charge on any atom is 0.270 e. The first-order chi connectivity index (χ1) is 14.6. The highest BCUT2D eigenvalue weighted by atomic mass is 35.6. The summed E-state index contributed by atoms with van der Waals surface area (Å²) in [6.07, 6.45) is -0.0396. The number of nitro benzene ring substituents is 1. The van der Waals surface area contributed by atoms with Gasteiger partial charge in [0.2, 0.25) is 3.79 Å². The quantitative estimate of drug-likeness (QED) is 0.407. The van der Waals surface area contributed by atoms with Gasteiger partial charge in [-0.25, -0.2) is 0 Å². The van der Waals surface area contributed by atoms with E-state index in [0.29, 0.717) is 19.6 Å². The van der Waals surface area contributed by atoms with E-state index in [2.05, 4.69) is 5.32 Å². The number of hydrogen-bond acceptors (Lipinski definition) is 5. The lowest BCUT2D eigenvalue weighted by Gasteiger charge is -2.47. The van der Waals surface area contributed by atoms with Crippen LogP contribution in [-0.2, 0) is 6.54 Å². The molecule has 2 aromatic rings. The zero-order valence-electron chi connectivity index (χ0n) is 16.2. The number of nitro groups is 1. The number of fused-ring (bicyclic) bond motifs is 4. The molecular formula is C20H19Cl3N4O4. The summed E-state index contributed by atoms with van der Waals surface area (Å²) in [6.45, 7) is 1.59. The number of nitrogens with zero attached hydrogens (tertiary/aromatic N) is 3. The van der Waals surface area contributed by atoms with Crippen molar-refractivity contribution in [1.82, 2.24) is 14.8 Å². The molecule has 0 saturated carbocycles. The number of piperidine rings is 1. The number of hydrogen-bond donors (Lipinski definition) is 1. The van der Waals surface area contributed by atoms with Crippen LogP contribution in [0.3, 0.4) is 0 Å². The molecule has 31 heavy (non-hydrogen) atoms. The number of benzene rings is 1. The van der Waals surface area contributed by atoms with E-state index in [1.54, 1.807) is 16.7 Å². The molecule has 1 N–H and O–H groups in total. The number of rotatable bonds is 4. The zero-order chi connectivity index (χ0) is 22.3. The van der Waals surface area contributed by atoms with Crippen LogP contribution in [0, 0.1) is 16.0 Å². The second-order valence-corrected chi connectivity index (χ2v) is 10.2. The van der Waals surface area contributed by atoms with Crippen molar-refractivity contribution >= 4 is 46.4 Å². The van der Waals surface area contributed by atoms with E-state index >= 15 is 0 Å². The standard InChI is InChI=1S/C20H19Cl3N4O4/c21-20(22,23)19(24-18(29)13-3-1-4-15(8-13)27(30)31)25-9-12-7-14(11-25)16-5-2-6-17(28)26(16)10-12/h1-6,8,12,14,19H,7,9-11H2,(H,24,29)/t12-,14-,19+/m0/s1. The highest BCUT2D eigenvalue weighted by Gasteiger charge is 2.44. The number of amides is 1. The van der Waals surface area contributed by atoms with Crippen molar-refractivity contribution in [3.05, 3.63) is 74.2 Å². The molecule has 1 amide bonds. The normalized spacial score (nSPS) is 21.8. The predicted octanol–water partition coefficient (Wildman–Crippen LogP) is 3.30. The van der Waals surface area contributed by atoms with E-state index in [1.165, 1.54) is 24.3 Å². The lowest BCUT2D eigenvalue weighted by atomic mass is 9.83. The van der Waals surface area contributed by atoms with Crippen LogP contribution in [0.4, 0.5) is 5.69 Å². The molecule has 0 unspecified atom stereocenters. The van der Waals surface area contributed by atoms with Gasteiger partial charge >= 0.3 is 0 Å². The fourth-order valence-corrected chi connectivity index (χ4v) is 5.07. The van der Waals surface area contributed by atoms with Gasteiger partial charge in [0.25, 0.3) is 17.2 Å². The first-order valence-electron chi connectivity index (χ1n) is 9.69. The summed E-state index contributed by atoms with van der Waals surface area (Å²) < 4.78 is -0.0411. The minimum atomic E-state index is -1.83. The Bertz CT molecular complexity index is 1080. The van der Waals surface area contributed by atoms with Gasteiger partial charge in [-0.1, -0.05) is 46.9 Å². The fourth-order valence-electron chi connectivity index (χ4n) is 4.49. The molecule has 0 radical (unpaired) electrons. The molecule has 3 atom stereocenters. The summed E-state index contributed by atoms with van der Waals surface area (Å²) in [5, 5.41) is 13.8.